The molecule has 0 aromatic carbocycles. The average molecular weight is 353 g/mol. The van der Waals surface area contributed by atoms with Gasteiger partial charge in [0, 0.05) is 19.1 Å². The van der Waals surface area contributed by atoms with Crippen molar-refractivity contribution in [1.82, 2.24) is 4.90 Å². The number of hydrogen-bond acceptors (Lipinski definition) is 3. The van der Waals surface area contributed by atoms with Gasteiger partial charge in [-0.15, -0.1) is 0 Å². The first-order valence-electron chi connectivity index (χ1n) is 6.95. The van der Waals surface area contributed by atoms with Gasteiger partial charge in [0.05, 0.1) is 12.7 Å². The molecule has 1 saturated heterocycles. The first-order chi connectivity index (χ1) is 8.29. The predicted octanol–water partition coefficient (Wildman–Crippen LogP) is 2.76. The van der Waals surface area contributed by atoms with Gasteiger partial charge in [0.1, 0.15) is 23.0 Å². The molecule has 1 N–H and O–H groups in total. The summed E-state index contributed by atoms with van der Waals surface area (Å²) in [4.78, 5) is 2.48. The molecule has 0 bridgehead atoms. The van der Waals surface area contributed by atoms with Crippen molar-refractivity contribution in [3.8, 4) is 0 Å². The molecule has 0 aromatic rings. The van der Waals surface area contributed by atoms with E-state index in [1.54, 1.807) is 0 Å². The predicted molar refractivity (Wildman–Crippen MR) is 77.1 cm³/mol. The van der Waals surface area contributed by atoms with Gasteiger partial charge in [-0.25, -0.2) is 0 Å². The van der Waals surface area contributed by atoms with Crippen molar-refractivity contribution in [2.24, 2.45) is 5.92 Å². The molecule has 1 aliphatic carbocycles. The van der Waals surface area contributed by atoms with Crippen LogP contribution in [-0.2, 0) is 3.07 Å². The van der Waals surface area contributed by atoms with Gasteiger partial charge in [-0.1, -0.05) is 19.3 Å². The number of aliphatic hydroxyl groups excluding tert-OH is 1. The Morgan fingerprint density at radius 3 is 2.59 bits per heavy atom. The van der Waals surface area contributed by atoms with Crippen LogP contribution in [-0.4, -0.2) is 41.8 Å². The largest absolute Gasteiger partial charge is 0.392 e. The molecule has 2 atom stereocenters. The van der Waals surface area contributed by atoms with Crippen LogP contribution >= 0.6 is 23.0 Å². The molecule has 0 radical (unpaired) electrons. The van der Waals surface area contributed by atoms with Crippen molar-refractivity contribution in [2.45, 2.75) is 57.1 Å². The SMILES string of the molecule is O[C@@H]1CC[C@H](COI)N(CC2CCCCC2)C1. The quantitative estimate of drug-likeness (QED) is 0.789. The van der Waals surface area contributed by atoms with Crippen LogP contribution in [0.15, 0.2) is 0 Å². The van der Waals surface area contributed by atoms with Gasteiger partial charge in [0.25, 0.3) is 0 Å². The lowest BCUT2D eigenvalue weighted by molar-refractivity contribution is 0.0119. The fourth-order valence-electron chi connectivity index (χ4n) is 3.26. The lowest BCUT2D eigenvalue weighted by Crippen LogP contribution is -2.49. The first-order valence-corrected chi connectivity index (χ1v) is 7.83. The molecule has 4 heteroatoms. The molecule has 100 valence electrons. The molecule has 2 fully saturated rings. The summed E-state index contributed by atoms with van der Waals surface area (Å²) < 4.78 is 5.28. The Hall–Kier alpha value is 0.610. The number of likely N-dealkylation sites (tertiary alicyclic amines) is 1. The summed E-state index contributed by atoms with van der Waals surface area (Å²) in [5.74, 6) is 0.853. The minimum Gasteiger partial charge on any atom is -0.392 e. The fraction of sp³-hybridized carbons (Fsp3) is 1.00. The summed E-state index contributed by atoms with van der Waals surface area (Å²) in [5, 5.41) is 9.81. The zero-order valence-corrected chi connectivity index (χ0v) is 12.6. The van der Waals surface area contributed by atoms with Crippen molar-refractivity contribution < 1.29 is 8.17 Å². The number of β-amino-alcohol motifs (C(OH)–C–C–N with tert-alkyl or cyclic N) is 1. The third-order valence-electron chi connectivity index (χ3n) is 4.27. The molecular formula is C13H24INO2. The molecule has 1 saturated carbocycles. The zero-order valence-electron chi connectivity index (χ0n) is 10.5. The Labute approximate surface area is 119 Å². The lowest BCUT2D eigenvalue weighted by Gasteiger charge is -2.40. The fourth-order valence-corrected chi connectivity index (χ4v) is 3.68. The van der Waals surface area contributed by atoms with Gasteiger partial charge in [-0.05, 0) is 31.6 Å². The number of piperidine rings is 1. The van der Waals surface area contributed by atoms with Crippen LogP contribution in [0, 0.1) is 5.92 Å². The van der Waals surface area contributed by atoms with Crippen molar-refractivity contribution in [3.63, 3.8) is 0 Å². The van der Waals surface area contributed by atoms with Crippen LogP contribution in [0.4, 0.5) is 0 Å². The molecule has 3 nitrogen and oxygen atoms in total. The Morgan fingerprint density at radius 2 is 1.88 bits per heavy atom. The first kappa shape index (κ1) is 14.0. The second kappa shape index (κ2) is 7.26. The Bertz CT molecular complexity index is 221. The van der Waals surface area contributed by atoms with Gasteiger partial charge in [0.15, 0.2) is 0 Å². The summed E-state index contributed by atoms with van der Waals surface area (Å²) in [6, 6.07) is 0.525. The maximum Gasteiger partial charge on any atom is 0.109 e. The highest BCUT2D eigenvalue weighted by atomic mass is 127. The molecule has 0 aromatic heterocycles. The van der Waals surface area contributed by atoms with E-state index in [2.05, 4.69) is 4.90 Å². The van der Waals surface area contributed by atoms with Crippen molar-refractivity contribution in [2.75, 3.05) is 19.7 Å². The topological polar surface area (TPSA) is 32.7 Å². The number of nitrogens with zero attached hydrogens (tertiary/aromatic N) is 1. The Balaban J connectivity index is 1.85. The van der Waals surface area contributed by atoms with Gasteiger partial charge in [-0.2, -0.15) is 0 Å². The van der Waals surface area contributed by atoms with Gasteiger partial charge in [-0.3, -0.25) is 4.90 Å². The van der Waals surface area contributed by atoms with E-state index in [4.69, 9.17) is 3.07 Å². The van der Waals surface area contributed by atoms with Crippen molar-refractivity contribution in [3.05, 3.63) is 0 Å². The second-order valence-corrected chi connectivity index (χ2v) is 6.24. The number of halogens is 1. The van der Waals surface area contributed by atoms with Gasteiger partial charge < -0.3 is 8.17 Å². The molecule has 2 rings (SSSR count). The minimum atomic E-state index is -0.121. The number of hydrogen-bond donors (Lipinski definition) is 1. The third kappa shape index (κ3) is 4.33. The monoisotopic (exact) mass is 353 g/mol. The summed E-state index contributed by atoms with van der Waals surface area (Å²) in [5.41, 5.74) is 0. The summed E-state index contributed by atoms with van der Waals surface area (Å²) in [7, 11) is 0. The second-order valence-electron chi connectivity index (χ2n) is 5.62. The summed E-state index contributed by atoms with van der Waals surface area (Å²) in [6.07, 6.45) is 8.86. The highest BCUT2D eigenvalue weighted by Crippen LogP contribution is 2.27. The summed E-state index contributed by atoms with van der Waals surface area (Å²) >= 11 is 1.99. The maximum atomic E-state index is 9.81. The number of rotatable bonds is 4. The zero-order chi connectivity index (χ0) is 12.1. The van der Waals surface area contributed by atoms with Crippen molar-refractivity contribution in [1.29, 1.82) is 0 Å². The van der Waals surface area contributed by atoms with Crippen LogP contribution in [0.3, 0.4) is 0 Å². The normalized spacial score (nSPS) is 32.8. The van der Waals surface area contributed by atoms with E-state index in [0.29, 0.717) is 6.04 Å². The molecule has 0 spiro atoms. The standard InChI is InChI=1S/C13H24INO2/c14-17-10-12-6-7-13(16)9-15(12)8-11-4-2-1-3-5-11/h11-13,16H,1-10H2/t12-,13-/m1/s1. The third-order valence-corrected chi connectivity index (χ3v) is 4.63. The smallest absolute Gasteiger partial charge is 0.109 e. The molecule has 1 aliphatic heterocycles. The molecule has 2 aliphatic rings. The van der Waals surface area contributed by atoms with E-state index in [1.165, 1.54) is 38.6 Å². The van der Waals surface area contributed by atoms with E-state index < -0.39 is 0 Å². The van der Waals surface area contributed by atoms with Gasteiger partial charge >= 0.3 is 0 Å². The van der Waals surface area contributed by atoms with Crippen LogP contribution in [0.5, 0.6) is 0 Å². The van der Waals surface area contributed by atoms with E-state index in [0.717, 1.165) is 31.9 Å². The van der Waals surface area contributed by atoms with Crippen LogP contribution in [0.1, 0.15) is 44.9 Å². The Morgan fingerprint density at radius 1 is 1.12 bits per heavy atom. The molecule has 17 heavy (non-hydrogen) atoms. The van der Waals surface area contributed by atoms with Crippen LogP contribution in [0.2, 0.25) is 0 Å². The van der Waals surface area contributed by atoms with E-state index >= 15 is 0 Å². The van der Waals surface area contributed by atoms with Gasteiger partial charge in [0.2, 0.25) is 0 Å². The average Bonchev–Trinajstić information content (AvgIpc) is 2.34. The number of aliphatic hydroxyl groups is 1. The summed E-state index contributed by atoms with van der Waals surface area (Å²) in [6.45, 7) is 2.82. The van der Waals surface area contributed by atoms with Crippen LogP contribution < -0.4 is 0 Å². The molecular weight excluding hydrogens is 329 g/mol. The highest BCUT2D eigenvalue weighted by molar-refractivity contribution is 14.1. The lowest BCUT2D eigenvalue weighted by atomic mass is 9.87. The van der Waals surface area contributed by atoms with Crippen molar-refractivity contribution >= 4 is 23.0 Å². The van der Waals surface area contributed by atoms with E-state index in [-0.39, 0.29) is 6.10 Å². The highest BCUT2D eigenvalue weighted by Gasteiger charge is 2.29. The Kier molecular flexibility index (Phi) is 5.99. The maximum absolute atomic E-state index is 9.81. The minimum absolute atomic E-state index is 0.121. The molecule has 0 unspecified atom stereocenters. The van der Waals surface area contributed by atoms with Crippen LogP contribution in [0.25, 0.3) is 0 Å². The molecule has 0 amide bonds. The van der Waals surface area contributed by atoms with E-state index in [9.17, 15) is 5.11 Å². The van der Waals surface area contributed by atoms with E-state index in [1.807, 2.05) is 23.0 Å². The molecule has 1 heterocycles.